The zero-order valence-electron chi connectivity index (χ0n) is 11.9. The topological polar surface area (TPSA) is 49.4 Å². The third-order valence-electron chi connectivity index (χ3n) is 3.74. The summed E-state index contributed by atoms with van der Waals surface area (Å²) in [6, 6.07) is 2.56. The van der Waals surface area contributed by atoms with Crippen molar-refractivity contribution in [2.45, 2.75) is 38.3 Å². The Morgan fingerprint density at radius 1 is 1.38 bits per heavy atom. The van der Waals surface area contributed by atoms with Crippen LogP contribution in [-0.2, 0) is 16.1 Å². The van der Waals surface area contributed by atoms with E-state index < -0.39 is 17.7 Å². The largest absolute Gasteiger partial charge is 0.350 e. The maximum atomic E-state index is 13.5. The zero-order chi connectivity index (χ0) is 15.4. The highest BCUT2D eigenvalue weighted by Gasteiger charge is 2.28. The lowest BCUT2D eigenvalue weighted by Crippen LogP contribution is -2.46. The quantitative estimate of drug-likeness (QED) is 0.927. The van der Waals surface area contributed by atoms with E-state index in [4.69, 9.17) is 0 Å². The van der Waals surface area contributed by atoms with Gasteiger partial charge in [-0.3, -0.25) is 9.59 Å². The van der Waals surface area contributed by atoms with Crippen molar-refractivity contribution in [3.05, 3.63) is 35.4 Å². The van der Waals surface area contributed by atoms with Crippen LogP contribution < -0.4 is 5.32 Å². The number of likely N-dealkylation sites (N-methyl/N-ethyl adjacent to an activating group) is 1. The van der Waals surface area contributed by atoms with Gasteiger partial charge in [0.2, 0.25) is 11.8 Å². The minimum atomic E-state index is -0.568. The monoisotopic (exact) mass is 296 g/mol. The highest BCUT2D eigenvalue weighted by molar-refractivity contribution is 5.87. The van der Waals surface area contributed by atoms with E-state index in [1.165, 1.54) is 4.90 Å². The molecule has 0 aliphatic carbocycles. The summed E-state index contributed by atoms with van der Waals surface area (Å²) in [7, 11) is 1.60. The lowest BCUT2D eigenvalue weighted by Gasteiger charge is -2.25. The van der Waals surface area contributed by atoms with Crippen molar-refractivity contribution >= 4 is 11.8 Å². The molecule has 1 aromatic rings. The Morgan fingerprint density at radius 3 is 2.90 bits per heavy atom. The van der Waals surface area contributed by atoms with E-state index in [2.05, 4.69) is 5.32 Å². The van der Waals surface area contributed by atoms with Crippen molar-refractivity contribution in [3.63, 3.8) is 0 Å². The van der Waals surface area contributed by atoms with Gasteiger partial charge in [-0.2, -0.15) is 0 Å². The smallest absolute Gasteiger partial charge is 0.243 e. The lowest BCUT2D eigenvalue weighted by molar-refractivity contribution is -0.138. The molecule has 114 valence electrons. The first-order valence-electron chi connectivity index (χ1n) is 6.96. The average Bonchev–Trinajstić information content (AvgIpc) is 2.62. The number of amides is 2. The molecule has 1 aromatic carbocycles. The van der Waals surface area contributed by atoms with Gasteiger partial charge in [0.1, 0.15) is 17.7 Å². The summed E-state index contributed by atoms with van der Waals surface area (Å²) < 4.78 is 26.5. The van der Waals surface area contributed by atoms with Crippen molar-refractivity contribution in [3.8, 4) is 0 Å². The summed E-state index contributed by atoms with van der Waals surface area (Å²) >= 11 is 0. The molecule has 6 heteroatoms. The van der Waals surface area contributed by atoms with E-state index in [1.54, 1.807) is 7.05 Å². The van der Waals surface area contributed by atoms with Crippen LogP contribution in [0.3, 0.4) is 0 Å². The number of benzene rings is 1. The van der Waals surface area contributed by atoms with Crippen molar-refractivity contribution in [1.29, 1.82) is 0 Å². The Morgan fingerprint density at radius 2 is 2.14 bits per heavy atom. The normalized spacial score (nSPS) is 19.3. The molecule has 4 nitrogen and oxygen atoms in total. The van der Waals surface area contributed by atoms with Gasteiger partial charge in [0.25, 0.3) is 0 Å². The maximum absolute atomic E-state index is 13.5. The number of nitrogens with one attached hydrogen (secondary N) is 1. The van der Waals surface area contributed by atoms with Gasteiger partial charge >= 0.3 is 0 Å². The summed E-state index contributed by atoms with van der Waals surface area (Å²) in [5, 5.41) is 2.58. The fourth-order valence-corrected chi connectivity index (χ4v) is 2.44. The van der Waals surface area contributed by atoms with Crippen molar-refractivity contribution in [1.82, 2.24) is 10.2 Å². The van der Waals surface area contributed by atoms with E-state index in [1.807, 2.05) is 0 Å². The molecule has 0 aromatic heterocycles. The maximum Gasteiger partial charge on any atom is 0.243 e. The molecule has 1 fully saturated rings. The fraction of sp³-hybridized carbons (Fsp3) is 0.467. The van der Waals surface area contributed by atoms with Crippen LogP contribution >= 0.6 is 0 Å². The summed E-state index contributed by atoms with van der Waals surface area (Å²) in [6.07, 6.45) is 2.59. The van der Waals surface area contributed by atoms with Gasteiger partial charge in [-0.15, -0.1) is 0 Å². The third-order valence-corrected chi connectivity index (χ3v) is 3.74. The van der Waals surface area contributed by atoms with Crippen LogP contribution in [0.1, 0.15) is 31.2 Å². The summed E-state index contributed by atoms with van der Waals surface area (Å²) in [6.45, 7) is -0.0963. The predicted octanol–water partition coefficient (Wildman–Crippen LogP) is 1.98. The molecule has 0 saturated carbocycles. The van der Waals surface area contributed by atoms with Crippen LogP contribution in [0.15, 0.2) is 18.2 Å². The number of rotatable bonds is 3. The molecular formula is C15H18F2N2O2. The van der Waals surface area contributed by atoms with E-state index in [0.717, 1.165) is 31.0 Å². The molecule has 0 radical (unpaired) electrons. The van der Waals surface area contributed by atoms with Crippen LogP contribution in [0.4, 0.5) is 8.78 Å². The van der Waals surface area contributed by atoms with E-state index in [0.29, 0.717) is 12.8 Å². The SMILES string of the molecule is CN1C(=O)CCCCC1C(=O)NCc1cc(F)ccc1F. The highest BCUT2D eigenvalue weighted by atomic mass is 19.1. The van der Waals surface area contributed by atoms with Crippen LogP contribution in [0.2, 0.25) is 0 Å². The fourth-order valence-electron chi connectivity index (χ4n) is 2.44. The van der Waals surface area contributed by atoms with Gasteiger partial charge in [-0.05, 0) is 31.0 Å². The minimum Gasteiger partial charge on any atom is -0.350 e. The molecular weight excluding hydrogens is 278 g/mol. The number of carbonyl (C=O) groups is 2. The lowest BCUT2D eigenvalue weighted by atomic mass is 10.1. The zero-order valence-corrected chi connectivity index (χ0v) is 11.9. The Hall–Kier alpha value is -1.98. The first-order valence-corrected chi connectivity index (χ1v) is 6.96. The number of nitrogens with zero attached hydrogens (tertiary/aromatic N) is 1. The van der Waals surface area contributed by atoms with Gasteiger partial charge in [0.05, 0.1) is 0 Å². The molecule has 21 heavy (non-hydrogen) atoms. The second kappa shape index (κ2) is 6.65. The number of halogens is 2. The first kappa shape index (κ1) is 15.4. The molecule has 2 amide bonds. The molecule has 0 bridgehead atoms. The molecule has 1 N–H and O–H groups in total. The Balaban J connectivity index is 2.00. The first-order chi connectivity index (χ1) is 9.99. The highest BCUT2D eigenvalue weighted by Crippen LogP contribution is 2.17. The van der Waals surface area contributed by atoms with Crippen LogP contribution in [0.25, 0.3) is 0 Å². The molecule has 1 unspecified atom stereocenters. The third kappa shape index (κ3) is 3.77. The Labute approximate surface area is 122 Å². The second-order valence-electron chi connectivity index (χ2n) is 5.22. The van der Waals surface area contributed by atoms with Crippen molar-refractivity contribution in [2.75, 3.05) is 7.05 Å². The van der Waals surface area contributed by atoms with Crippen LogP contribution in [0, 0.1) is 11.6 Å². The molecule has 1 atom stereocenters. The molecule has 1 heterocycles. The van der Waals surface area contributed by atoms with Gasteiger partial charge in [-0.1, -0.05) is 6.42 Å². The van der Waals surface area contributed by atoms with Gasteiger partial charge in [0.15, 0.2) is 0 Å². The summed E-state index contributed by atoms with van der Waals surface area (Å²) in [4.78, 5) is 25.3. The van der Waals surface area contributed by atoms with Crippen molar-refractivity contribution < 1.29 is 18.4 Å². The summed E-state index contributed by atoms with van der Waals surface area (Å²) in [5.74, 6) is -1.52. The van der Waals surface area contributed by atoms with Gasteiger partial charge < -0.3 is 10.2 Å². The summed E-state index contributed by atoms with van der Waals surface area (Å²) in [5.41, 5.74) is 0.0888. The van der Waals surface area contributed by atoms with Crippen LogP contribution in [0.5, 0.6) is 0 Å². The van der Waals surface area contributed by atoms with Gasteiger partial charge in [0, 0.05) is 25.6 Å². The number of hydrogen-bond donors (Lipinski definition) is 1. The average molecular weight is 296 g/mol. The predicted molar refractivity (Wildman–Crippen MR) is 73.2 cm³/mol. The van der Waals surface area contributed by atoms with Crippen molar-refractivity contribution in [2.24, 2.45) is 0 Å². The second-order valence-corrected chi connectivity index (χ2v) is 5.22. The number of carbonyl (C=O) groups excluding carboxylic acids is 2. The molecule has 2 rings (SSSR count). The standard InChI is InChI=1S/C15H18F2N2O2/c1-19-13(4-2-3-5-14(19)20)15(21)18-9-10-8-11(16)6-7-12(10)17/h6-8,13H,2-5,9H2,1H3,(H,18,21). The Kier molecular flexibility index (Phi) is 4.88. The van der Waals surface area contributed by atoms with Gasteiger partial charge in [-0.25, -0.2) is 8.78 Å². The number of likely N-dealkylation sites (tertiary alicyclic amines) is 1. The molecule has 1 aliphatic rings. The Bertz CT molecular complexity index is 548. The molecule has 1 saturated heterocycles. The molecule has 1 aliphatic heterocycles. The number of hydrogen-bond acceptors (Lipinski definition) is 2. The van der Waals surface area contributed by atoms with E-state index >= 15 is 0 Å². The van der Waals surface area contributed by atoms with E-state index in [9.17, 15) is 18.4 Å². The van der Waals surface area contributed by atoms with Crippen LogP contribution in [-0.4, -0.2) is 29.8 Å². The minimum absolute atomic E-state index is 0.0652. The van der Waals surface area contributed by atoms with E-state index in [-0.39, 0.29) is 23.9 Å². The molecule has 0 spiro atoms.